The fourth-order valence-corrected chi connectivity index (χ4v) is 1.64. The van der Waals surface area contributed by atoms with Crippen LogP contribution >= 0.6 is 0 Å². The van der Waals surface area contributed by atoms with E-state index in [2.05, 4.69) is 10.6 Å². The Morgan fingerprint density at radius 3 is 3.12 bits per heavy atom. The Bertz CT molecular complexity index is 318. The number of nitrogens with one attached hydrogen (secondary N) is 2. The average Bonchev–Trinajstić information content (AvgIpc) is 2.96. The fraction of sp³-hybridized carbons (Fsp3) is 0.545. The molecule has 0 radical (unpaired) electrons. The lowest BCUT2D eigenvalue weighted by Gasteiger charge is -2.10. The van der Waals surface area contributed by atoms with Crippen LogP contribution in [0, 0.1) is 0 Å². The lowest BCUT2D eigenvalue weighted by Crippen LogP contribution is -2.37. The van der Waals surface area contributed by atoms with Crippen molar-refractivity contribution in [2.24, 2.45) is 0 Å². The average molecular weight is 224 g/mol. The van der Waals surface area contributed by atoms with Crippen LogP contribution in [0.2, 0.25) is 0 Å². The molecule has 0 aliphatic carbocycles. The maximum absolute atomic E-state index is 11.4. The molecule has 1 aromatic heterocycles. The van der Waals surface area contributed by atoms with Crippen LogP contribution < -0.4 is 10.6 Å². The summed E-state index contributed by atoms with van der Waals surface area (Å²) in [4.78, 5) is 11.4. The van der Waals surface area contributed by atoms with Crippen molar-refractivity contribution in [1.82, 2.24) is 10.6 Å². The van der Waals surface area contributed by atoms with Crippen LogP contribution in [-0.2, 0) is 4.74 Å². The SMILES string of the molecule is O=C(NCCNC1CCOC1)c1ccco1. The van der Waals surface area contributed by atoms with Gasteiger partial charge < -0.3 is 19.8 Å². The zero-order valence-electron chi connectivity index (χ0n) is 9.07. The van der Waals surface area contributed by atoms with Gasteiger partial charge in [-0.05, 0) is 18.6 Å². The van der Waals surface area contributed by atoms with E-state index in [-0.39, 0.29) is 5.91 Å². The topological polar surface area (TPSA) is 63.5 Å². The zero-order chi connectivity index (χ0) is 11.2. The molecule has 88 valence electrons. The van der Waals surface area contributed by atoms with Crippen LogP contribution in [-0.4, -0.2) is 38.3 Å². The van der Waals surface area contributed by atoms with Gasteiger partial charge in [-0.15, -0.1) is 0 Å². The third-order valence-corrected chi connectivity index (χ3v) is 2.52. The zero-order valence-corrected chi connectivity index (χ0v) is 9.07. The van der Waals surface area contributed by atoms with Gasteiger partial charge in [-0.1, -0.05) is 0 Å². The summed E-state index contributed by atoms with van der Waals surface area (Å²) in [5.41, 5.74) is 0. The number of furan rings is 1. The Morgan fingerprint density at radius 2 is 2.44 bits per heavy atom. The minimum absolute atomic E-state index is 0.172. The van der Waals surface area contributed by atoms with E-state index in [1.54, 1.807) is 12.1 Å². The number of amides is 1. The van der Waals surface area contributed by atoms with Crippen LogP contribution in [0.1, 0.15) is 17.0 Å². The molecule has 1 atom stereocenters. The summed E-state index contributed by atoms with van der Waals surface area (Å²) in [6, 6.07) is 3.77. The van der Waals surface area contributed by atoms with Gasteiger partial charge in [0.05, 0.1) is 12.9 Å². The van der Waals surface area contributed by atoms with E-state index < -0.39 is 0 Å². The van der Waals surface area contributed by atoms with Crippen molar-refractivity contribution in [3.05, 3.63) is 24.2 Å². The maximum Gasteiger partial charge on any atom is 0.287 e. The van der Waals surface area contributed by atoms with Crippen LogP contribution in [0.3, 0.4) is 0 Å². The molecule has 16 heavy (non-hydrogen) atoms. The lowest BCUT2D eigenvalue weighted by atomic mass is 10.2. The smallest absolute Gasteiger partial charge is 0.287 e. The van der Waals surface area contributed by atoms with Gasteiger partial charge in [0.25, 0.3) is 5.91 Å². The first-order valence-electron chi connectivity index (χ1n) is 5.49. The normalized spacial score (nSPS) is 19.9. The molecule has 0 saturated carbocycles. The van der Waals surface area contributed by atoms with E-state index in [4.69, 9.17) is 9.15 Å². The first kappa shape index (κ1) is 11.2. The summed E-state index contributed by atoms with van der Waals surface area (Å²) in [7, 11) is 0. The summed E-state index contributed by atoms with van der Waals surface area (Å²) in [6.45, 7) is 2.94. The van der Waals surface area contributed by atoms with Crippen molar-refractivity contribution in [3.63, 3.8) is 0 Å². The summed E-state index contributed by atoms with van der Waals surface area (Å²) in [5.74, 6) is 0.179. The largest absolute Gasteiger partial charge is 0.459 e. The summed E-state index contributed by atoms with van der Waals surface area (Å²) in [6.07, 6.45) is 2.54. The van der Waals surface area contributed by atoms with Gasteiger partial charge in [0.15, 0.2) is 5.76 Å². The Kier molecular flexibility index (Phi) is 3.96. The second-order valence-electron chi connectivity index (χ2n) is 3.75. The molecular formula is C11H16N2O3. The molecule has 0 bridgehead atoms. The van der Waals surface area contributed by atoms with E-state index in [0.29, 0.717) is 18.3 Å². The highest BCUT2D eigenvalue weighted by atomic mass is 16.5. The number of ether oxygens (including phenoxy) is 1. The maximum atomic E-state index is 11.4. The number of carbonyl (C=O) groups is 1. The molecule has 1 saturated heterocycles. The summed E-state index contributed by atoms with van der Waals surface area (Å²) in [5, 5.41) is 6.08. The lowest BCUT2D eigenvalue weighted by molar-refractivity contribution is 0.0926. The van der Waals surface area contributed by atoms with Gasteiger partial charge in [0.2, 0.25) is 0 Å². The first-order valence-corrected chi connectivity index (χ1v) is 5.49. The molecule has 0 aromatic carbocycles. The van der Waals surface area contributed by atoms with Crippen molar-refractivity contribution >= 4 is 5.91 Å². The number of carbonyl (C=O) groups excluding carboxylic acids is 1. The third kappa shape index (κ3) is 3.08. The Hall–Kier alpha value is -1.33. The Morgan fingerprint density at radius 1 is 1.50 bits per heavy atom. The van der Waals surface area contributed by atoms with E-state index in [0.717, 1.165) is 26.2 Å². The van der Waals surface area contributed by atoms with Crippen molar-refractivity contribution in [3.8, 4) is 0 Å². The van der Waals surface area contributed by atoms with Gasteiger partial charge in [0.1, 0.15) is 0 Å². The molecule has 5 nitrogen and oxygen atoms in total. The minimum Gasteiger partial charge on any atom is -0.459 e. The number of rotatable bonds is 5. The number of hydrogen-bond donors (Lipinski definition) is 2. The highest BCUT2D eigenvalue weighted by molar-refractivity contribution is 5.91. The third-order valence-electron chi connectivity index (χ3n) is 2.52. The van der Waals surface area contributed by atoms with E-state index in [1.807, 2.05) is 0 Å². The Labute approximate surface area is 94.1 Å². The highest BCUT2D eigenvalue weighted by Crippen LogP contribution is 2.02. The predicted molar refractivity (Wildman–Crippen MR) is 58.3 cm³/mol. The minimum atomic E-state index is -0.172. The molecule has 5 heteroatoms. The van der Waals surface area contributed by atoms with E-state index in [1.165, 1.54) is 6.26 Å². The molecule has 2 heterocycles. The standard InChI is InChI=1S/C11H16N2O3/c14-11(10-2-1-6-16-10)13-5-4-12-9-3-7-15-8-9/h1-2,6,9,12H,3-5,7-8H2,(H,13,14). The second-order valence-corrected chi connectivity index (χ2v) is 3.75. The van der Waals surface area contributed by atoms with Gasteiger partial charge in [-0.2, -0.15) is 0 Å². The van der Waals surface area contributed by atoms with Gasteiger partial charge in [0, 0.05) is 25.7 Å². The van der Waals surface area contributed by atoms with E-state index >= 15 is 0 Å². The second kappa shape index (κ2) is 5.67. The molecule has 1 fully saturated rings. The monoisotopic (exact) mass is 224 g/mol. The molecule has 2 N–H and O–H groups in total. The van der Waals surface area contributed by atoms with Gasteiger partial charge >= 0.3 is 0 Å². The van der Waals surface area contributed by atoms with Gasteiger partial charge in [-0.3, -0.25) is 4.79 Å². The fourth-order valence-electron chi connectivity index (χ4n) is 1.64. The van der Waals surface area contributed by atoms with Crippen molar-refractivity contribution < 1.29 is 13.9 Å². The van der Waals surface area contributed by atoms with Crippen molar-refractivity contribution in [1.29, 1.82) is 0 Å². The van der Waals surface area contributed by atoms with Crippen molar-refractivity contribution in [2.45, 2.75) is 12.5 Å². The first-order chi connectivity index (χ1) is 7.86. The summed E-state index contributed by atoms with van der Waals surface area (Å²) >= 11 is 0. The van der Waals surface area contributed by atoms with Crippen LogP contribution in [0.25, 0.3) is 0 Å². The van der Waals surface area contributed by atoms with Crippen LogP contribution in [0.5, 0.6) is 0 Å². The number of hydrogen-bond acceptors (Lipinski definition) is 4. The van der Waals surface area contributed by atoms with E-state index in [9.17, 15) is 4.79 Å². The predicted octanol–water partition coefficient (Wildman–Crippen LogP) is 0.388. The quantitative estimate of drug-likeness (QED) is 0.710. The molecule has 1 unspecified atom stereocenters. The van der Waals surface area contributed by atoms with Crippen LogP contribution in [0.4, 0.5) is 0 Å². The summed E-state index contributed by atoms with van der Waals surface area (Å²) < 4.78 is 10.2. The molecule has 1 aliphatic rings. The van der Waals surface area contributed by atoms with Gasteiger partial charge in [-0.25, -0.2) is 0 Å². The Balaban J connectivity index is 1.59. The molecular weight excluding hydrogens is 208 g/mol. The molecule has 1 aromatic rings. The molecule has 2 rings (SSSR count). The van der Waals surface area contributed by atoms with Crippen LogP contribution in [0.15, 0.2) is 22.8 Å². The van der Waals surface area contributed by atoms with Crippen molar-refractivity contribution in [2.75, 3.05) is 26.3 Å². The molecule has 1 aliphatic heterocycles. The molecule has 0 spiro atoms. The highest BCUT2D eigenvalue weighted by Gasteiger charge is 2.14. The molecule has 1 amide bonds.